The van der Waals surface area contributed by atoms with Gasteiger partial charge in [-0.25, -0.2) is 0 Å². The monoisotopic (exact) mass is 300 g/mol. The molecule has 0 saturated carbocycles. The van der Waals surface area contributed by atoms with Gasteiger partial charge in [-0.05, 0) is 23.3 Å². The highest BCUT2D eigenvalue weighted by atomic mass is 79.9. The van der Waals surface area contributed by atoms with Crippen LogP contribution in [-0.2, 0) is 0 Å². The van der Waals surface area contributed by atoms with E-state index in [1.807, 2.05) is 24.3 Å². The zero-order chi connectivity index (χ0) is 12.4. The van der Waals surface area contributed by atoms with Crippen LogP contribution in [0.25, 0.3) is 0 Å². The molecule has 1 atom stereocenters. The van der Waals surface area contributed by atoms with Crippen molar-refractivity contribution in [1.29, 1.82) is 0 Å². The van der Waals surface area contributed by atoms with E-state index in [-0.39, 0.29) is 6.04 Å². The number of nitrogens with one attached hydrogen (secondary N) is 1. The van der Waals surface area contributed by atoms with E-state index in [0.29, 0.717) is 0 Å². The van der Waals surface area contributed by atoms with E-state index in [0.717, 1.165) is 16.6 Å². The number of hydrogen-bond donors (Lipinski definition) is 1. The van der Waals surface area contributed by atoms with Crippen LogP contribution in [-0.4, -0.2) is 5.71 Å². The van der Waals surface area contributed by atoms with Crippen molar-refractivity contribution in [3.8, 4) is 0 Å². The van der Waals surface area contributed by atoms with Gasteiger partial charge in [0.25, 0.3) is 0 Å². The lowest BCUT2D eigenvalue weighted by Gasteiger charge is -2.10. The van der Waals surface area contributed by atoms with Crippen molar-refractivity contribution >= 4 is 21.6 Å². The van der Waals surface area contributed by atoms with E-state index in [1.54, 1.807) is 0 Å². The topological polar surface area (TPSA) is 24.4 Å². The largest absolute Gasteiger partial charge is 0.302 e. The maximum absolute atomic E-state index is 4.44. The molecule has 18 heavy (non-hydrogen) atoms. The number of hydrogen-bond acceptors (Lipinski definition) is 2. The molecule has 2 nitrogen and oxygen atoms in total. The van der Waals surface area contributed by atoms with Crippen LogP contribution in [0.2, 0.25) is 0 Å². The smallest absolute Gasteiger partial charge is 0.0746 e. The molecule has 2 aromatic carbocycles. The Labute approximate surface area is 115 Å². The standard InChI is InChI=1S/C15H13BrN2/c16-13-8-4-7-12(9-13)15-10-14(17-18-15)11-5-2-1-3-6-11/h1-9,15,18H,10H2/t15-/m0/s1. The first-order valence-corrected chi connectivity index (χ1v) is 6.75. The predicted octanol–water partition coefficient (Wildman–Crippen LogP) is 3.89. The van der Waals surface area contributed by atoms with Crippen molar-refractivity contribution < 1.29 is 0 Å². The van der Waals surface area contributed by atoms with E-state index < -0.39 is 0 Å². The summed E-state index contributed by atoms with van der Waals surface area (Å²) < 4.78 is 1.11. The Morgan fingerprint density at radius 2 is 1.89 bits per heavy atom. The molecule has 1 heterocycles. The van der Waals surface area contributed by atoms with Crippen LogP contribution in [0, 0.1) is 0 Å². The minimum Gasteiger partial charge on any atom is -0.302 e. The van der Waals surface area contributed by atoms with Crippen molar-refractivity contribution in [2.24, 2.45) is 5.10 Å². The minimum absolute atomic E-state index is 0.276. The molecule has 0 saturated heterocycles. The maximum atomic E-state index is 4.44. The summed E-state index contributed by atoms with van der Waals surface area (Å²) in [5, 5.41) is 4.44. The molecule has 90 valence electrons. The fraction of sp³-hybridized carbons (Fsp3) is 0.133. The van der Waals surface area contributed by atoms with Gasteiger partial charge in [0.05, 0.1) is 11.8 Å². The van der Waals surface area contributed by atoms with Crippen LogP contribution in [0.4, 0.5) is 0 Å². The summed E-state index contributed by atoms with van der Waals surface area (Å²) in [5.41, 5.74) is 6.80. The summed E-state index contributed by atoms with van der Waals surface area (Å²) in [7, 11) is 0. The molecule has 2 aromatic rings. The molecule has 1 aliphatic heterocycles. The van der Waals surface area contributed by atoms with Crippen molar-refractivity contribution in [1.82, 2.24) is 5.43 Å². The third-order valence-electron chi connectivity index (χ3n) is 3.11. The van der Waals surface area contributed by atoms with E-state index in [2.05, 4.69) is 56.8 Å². The minimum atomic E-state index is 0.276. The molecular formula is C15H13BrN2. The predicted molar refractivity (Wildman–Crippen MR) is 77.6 cm³/mol. The lowest BCUT2D eigenvalue weighted by molar-refractivity contribution is 0.620. The van der Waals surface area contributed by atoms with E-state index in [9.17, 15) is 0 Å². The number of halogens is 1. The molecule has 0 bridgehead atoms. The van der Waals surface area contributed by atoms with Gasteiger partial charge in [-0.15, -0.1) is 0 Å². The average molecular weight is 301 g/mol. The van der Waals surface area contributed by atoms with Gasteiger partial charge in [-0.1, -0.05) is 58.4 Å². The first-order chi connectivity index (χ1) is 8.83. The number of rotatable bonds is 2. The van der Waals surface area contributed by atoms with Gasteiger partial charge < -0.3 is 5.43 Å². The molecule has 0 radical (unpaired) electrons. The van der Waals surface area contributed by atoms with E-state index in [1.165, 1.54) is 11.1 Å². The molecule has 0 spiro atoms. The summed E-state index contributed by atoms with van der Waals surface area (Å²) in [5.74, 6) is 0. The zero-order valence-electron chi connectivity index (χ0n) is 9.81. The van der Waals surface area contributed by atoms with Gasteiger partial charge in [-0.3, -0.25) is 0 Å². The van der Waals surface area contributed by atoms with Crippen LogP contribution in [0.3, 0.4) is 0 Å². The summed E-state index contributed by atoms with van der Waals surface area (Å²) in [4.78, 5) is 0. The molecule has 1 N–H and O–H groups in total. The molecule has 0 unspecified atom stereocenters. The zero-order valence-corrected chi connectivity index (χ0v) is 11.4. The fourth-order valence-electron chi connectivity index (χ4n) is 2.17. The molecule has 3 rings (SSSR count). The number of nitrogens with zero attached hydrogens (tertiary/aromatic N) is 1. The first kappa shape index (κ1) is 11.5. The lowest BCUT2D eigenvalue weighted by atomic mass is 9.99. The molecule has 1 aliphatic rings. The maximum Gasteiger partial charge on any atom is 0.0746 e. The summed E-state index contributed by atoms with van der Waals surface area (Å²) in [6, 6.07) is 19.0. The highest BCUT2D eigenvalue weighted by Gasteiger charge is 2.20. The second-order valence-corrected chi connectivity index (χ2v) is 5.28. The van der Waals surface area contributed by atoms with Crippen molar-refractivity contribution in [2.45, 2.75) is 12.5 Å². The summed E-state index contributed by atoms with van der Waals surface area (Å²) in [6.45, 7) is 0. The van der Waals surface area contributed by atoms with Gasteiger partial charge in [0.15, 0.2) is 0 Å². The first-order valence-electron chi connectivity index (χ1n) is 5.96. The Morgan fingerprint density at radius 1 is 1.06 bits per heavy atom. The molecule has 0 amide bonds. The van der Waals surface area contributed by atoms with Crippen LogP contribution < -0.4 is 5.43 Å². The Hall–Kier alpha value is -1.61. The normalized spacial score (nSPS) is 18.3. The molecule has 0 aromatic heterocycles. The Morgan fingerprint density at radius 3 is 2.67 bits per heavy atom. The van der Waals surface area contributed by atoms with Crippen LogP contribution in [0.5, 0.6) is 0 Å². The quantitative estimate of drug-likeness (QED) is 0.894. The highest BCUT2D eigenvalue weighted by Crippen LogP contribution is 2.26. The van der Waals surface area contributed by atoms with Gasteiger partial charge >= 0.3 is 0 Å². The SMILES string of the molecule is Brc1cccc([C@@H]2CC(c3ccccc3)=NN2)c1. The van der Waals surface area contributed by atoms with Gasteiger partial charge in [-0.2, -0.15) is 5.10 Å². The third-order valence-corrected chi connectivity index (χ3v) is 3.60. The molecule has 3 heteroatoms. The van der Waals surface area contributed by atoms with Crippen LogP contribution in [0.1, 0.15) is 23.6 Å². The second kappa shape index (κ2) is 4.94. The third kappa shape index (κ3) is 2.31. The Balaban J connectivity index is 1.79. The molecular weight excluding hydrogens is 288 g/mol. The van der Waals surface area contributed by atoms with Crippen LogP contribution >= 0.6 is 15.9 Å². The second-order valence-electron chi connectivity index (χ2n) is 4.37. The Bertz CT molecular complexity index is 578. The van der Waals surface area contributed by atoms with Crippen molar-refractivity contribution in [2.75, 3.05) is 0 Å². The van der Waals surface area contributed by atoms with Crippen LogP contribution in [0.15, 0.2) is 64.2 Å². The molecule has 0 aliphatic carbocycles. The van der Waals surface area contributed by atoms with Gasteiger partial charge in [0.2, 0.25) is 0 Å². The van der Waals surface area contributed by atoms with Gasteiger partial charge in [0.1, 0.15) is 0 Å². The molecule has 0 fully saturated rings. The Kier molecular flexibility index (Phi) is 3.15. The van der Waals surface area contributed by atoms with E-state index >= 15 is 0 Å². The fourth-order valence-corrected chi connectivity index (χ4v) is 2.59. The number of hydrazone groups is 1. The van der Waals surface area contributed by atoms with Gasteiger partial charge in [0, 0.05) is 10.9 Å². The van der Waals surface area contributed by atoms with Crippen molar-refractivity contribution in [3.05, 3.63) is 70.2 Å². The highest BCUT2D eigenvalue weighted by molar-refractivity contribution is 9.10. The average Bonchev–Trinajstić information content (AvgIpc) is 2.89. The summed E-state index contributed by atoms with van der Waals surface area (Å²) >= 11 is 3.50. The van der Waals surface area contributed by atoms with Crippen molar-refractivity contribution in [3.63, 3.8) is 0 Å². The van der Waals surface area contributed by atoms with E-state index in [4.69, 9.17) is 0 Å². The lowest BCUT2D eigenvalue weighted by Crippen LogP contribution is -2.09. The summed E-state index contributed by atoms with van der Waals surface area (Å²) in [6.07, 6.45) is 0.931. The number of benzene rings is 2.